The van der Waals surface area contributed by atoms with Crippen LogP contribution in [0.5, 0.6) is 0 Å². The van der Waals surface area contributed by atoms with Crippen molar-refractivity contribution in [2.75, 3.05) is 6.61 Å². The van der Waals surface area contributed by atoms with Crippen molar-refractivity contribution in [3.8, 4) is 0 Å². The molecule has 0 bridgehead atoms. The predicted octanol–water partition coefficient (Wildman–Crippen LogP) is 1.87. The van der Waals surface area contributed by atoms with Gasteiger partial charge in [0.25, 0.3) is 6.43 Å². The lowest BCUT2D eigenvalue weighted by Crippen LogP contribution is -2.50. The van der Waals surface area contributed by atoms with Gasteiger partial charge in [-0.05, 0) is 20.8 Å². The van der Waals surface area contributed by atoms with E-state index < -0.39 is 24.1 Å². The van der Waals surface area contributed by atoms with Crippen molar-refractivity contribution in [3.05, 3.63) is 0 Å². The summed E-state index contributed by atoms with van der Waals surface area (Å²) in [5.41, 5.74) is -0.616. The van der Waals surface area contributed by atoms with E-state index in [-0.39, 0.29) is 6.61 Å². The molecule has 0 aromatic heterocycles. The van der Waals surface area contributed by atoms with Gasteiger partial charge in [0, 0.05) is 5.54 Å². The number of carbonyl (C=O) groups is 1. The van der Waals surface area contributed by atoms with E-state index in [4.69, 9.17) is 0 Å². The van der Waals surface area contributed by atoms with Gasteiger partial charge >= 0.3 is 6.09 Å². The van der Waals surface area contributed by atoms with Crippen molar-refractivity contribution < 1.29 is 18.3 Å². The standard InChI is InChI=1S/C8H13F2NO2/c1-8(2,3)11-5(6(9)10)4-13-7(11)12/h5-6H,4H2,1-3H3/t5-/m0/s1. The van der Waals surface area contributed by atoms with E-state index in [1.807, 2.05) is 0 Å². The van der Waals surface area contributed by atoms with E-state index >= 15 is 0 Å². The first kappa shape index (κ1) is 10.2. The number of hydrogen-bond acceptors (Lipinski definition) is 2. The van der Waals surface area contributed by atoms with Crippen molar-refractivity contribution >= 4 is 6.09 Å². The average molecular weight is 193 g/mol. The molecule has 0 saturated carbocycles. The number of rotatable bonds is 1. The van der Waals surface area contributed by atoms with Crippen LogP contribution in [0.1, 0.15) is 20.8 Å². The highest BCUT2D eigenvalue weighted by Gasteiger charge is 2.44. The summed E-state index contributed by atoms with van der Waals surface area (Å²) in [5, 5.41) is 0. The number of cyclic esters (lactones) is 1. The van der Waals surface area contributed by atoms with E-state index in [9.17, 15) is 13.6 Å². The van der Waals surface area contributed by atoms with Gasteiger partial charge in [-0.25, -0.2) is 13.6 Å². The lowest BCUT2D eigenvalue weighted by atomic mass is 10.0. The summed E-state index contributed by atoms with van der Waals surface area (Å²) in [4.78, 5) is 12.2. The van der Waals surface area contributed by atoms with E-state index in [0.29, 0.717) is 0 Å². The molecule has 0 spiro atoms. The van der Waals surface area contributed by atoms with E-state index in [2.05, 4.69) is 4.74 Å². The highest BCUT2D eigenvalue weighted by molar-refractivity contribution is 5.71. The topological polar surface area (TPSA) is 29.5 Å². The normalized spacial score (nSPS) is 24.0. The zero-order valence-corrected chi connectivity index (χ0v) is 7.88. The Morgan fingerprint density at radius 2 is 2.08 bits per heavy atom. The summed E-state index contributed by atoms with van der Waals surface area (Å²) >= 11 is 0. The van der Waals surface area contributed by atoms with Crippen LogP contribution in [0.3, 0.4) is 0 Å². The quantitative estimate of drug-likeness (QED) is 0.636. The predicted molar refractivity (Wildman–Crippen MR) is 42.7 cm³/mol. The van der Waals surface area contributed by atoms with Gasteiger partial charge < -0.3 is 4.74 Å². The molecule has 5 heteroatoms. The molecule has 1 aliphatic heterocycles. The van der Waals surface area contributed by atoms with Gasteiger partial charge in [0.1, 0.15) is 12.6 Å². The fourth-order valence-electron chi connectivity index (χ4n) is 1.39. The fraction of sp³-hybridized carbons (Fsp3) is 0.875. The zero-order chi connectivity index (χ0) is 10.2. The number of nitrogens with zero attached hydrogens (tertiary/aromatic N) is 1. The van der Waals surface area contributed by atoms with Crippen LogP contribution in [0, 0.1) is 0 Å². The highest BCUT2D eigenvalue weighted by Crippen LogP contribution is 2.26. The molecule has 1 amide bonds. The molecule has 0 aromatic rings. The van der Waals surface area contributed by atoms with Crippen LogP contribution < -0.4 is 0 Å². The Morgan fingerprint density at radius 1 is 1.54 bits per heavy atom. The molecule has 0 radical (unpaired) electrons. The monoisotopic (exact) mass is 193 g/mol. The fourth-order valence-corrected chi connectivity index (χ4v) is 1.39. The number of amides is 1. The van der Waals surface area contributed by atoms with Crippen LogP contribution in [0.15, 0.2) is 0 Å². The van der Waals surface area contributed by atoms with E-state index in [0.717, 1.165) is 4.90 Å². The van der Waals surface area contributed by atoms with Crippen molar-refractivity contribution in [2.45, 2.75) is 38.8 Å². The van der Waals surface area contributed by atoms with Crippen LogP contribution in [0.2, 0.25) is 0 Å². The number of alkyl halides is 2. The summed E-state index contributed by atoms with van der Waals surface area (Å²) in [7, 11) is 0. The number of ether oxygens (including phenoxy) is 1. The maximum absolute atomic E-state index is 12.4. The first-order chi connectivity index (χ1) is 5.84. The molecule has 1 rings (SSSR count). The van der Waals surface area contributed by atoms with Crippen molar-refractivity contribution in [1.29, 1.82) is 0 Å². The molecular weight excluding hydrogens is 180 g/mol. The van der Waals surface area contributed by atoms with Crippen LogP contribution >= 0.6 is 0 Å². The number of halogens is 2. The molecule has 13 heavy (non-hydrogen) atoms. The van der Waals surface area contributed by atoms with Crippen molar-refractivity contribution in [1.82, 2.24) is 4.90 Å². The summed E-state index contributed by atoms with van der Waals surface area (Å²) < 4.78 is 29.4. The van der Waals surface area contributed by atoms with Gasteiger partial charge in [-0.15, -0.1) is 0 Å². The lowest BCUT2D eigenvalue weighted by Gasteiger charge is -2.33. The Hall–Kier alpha value is -0.870. The molecule has 0 aliphatic carbocycles. The van der Waals surface area contributed by atoms with Gasteiger partial charge in [0.05, 0.1) is 0 Å². The van der Waals surface area contributed by atoms with Gasteiger partial charge in [0.2, 0.25) is 0 Å². The molecule has 3 nitrogen and oxygen atoms in total. The van der Waals surface area contributed by atoms with Crippen molar-refractivity contribution in [2.24, 2.45) is 0 Å². The maximum Gasteiger partial charge on any atom is 0.410 e. The third-order valence-corrected chi connectivity index (χ3v) is 1.92. The van der Waals surface area contributed by atoms with Crippen LogP contribution in [0.4, 0.5) is 13.6 Å². The summed E-state index contributed by atoms with van der Waals surface area (Å²) in [6, 6.07) is -1.10. The third-order valence-electron chi connectivity index (χ3n) is 1.92. The van der Waals surface area contributed by atoms with Crippen LogP contribution in [-0.2, 0) is 4.74 Å². The van der Waals surface area contributed by atoms with Gasteiger partial charge in [-0.1, -0.05) is 0 Å². The second-order valence-corrected chi connectivity index (χ2v) is 4.02. The third kappa shape index (κ3) is 1.89. The van der Waals surface area contributed by atoms with Gasteiger partial charge in [-0.3, -0.25) is 4.90 Å². The first-order valence-electron chi connectivity index (χ1n) is 4.08. The van der Waals surface area contributed by atoms with Gasteiger partial charge in [-0.2, -0.15) is 0 Å². The molecule has 1 atom stereocenters. The minimum absolute atomic E-state index is 0.215. The minimum Gasteiger partial charge on any atom is -0.447 e. The molecule has 76 valence electrons. The molecular formula is C8H13F2NO2. The first-order valence-corrected chi connectivity index (χ1v) is 4.08. The maximum atomic E-state index is 12.4. The Kier molecular flexibility index (Phi) is 2.45. The Morgan fingerprint density at radius 3 is 2.38 bits per heavy atom. The second kappa shape index (κ2) is 3.12. The second-order valence-electron chi connectivity index (χ2n) is 4.02. The van der Waals surface area contributed by atoms with Crippen LogP contribution in [-0.4, -0.2) is 35.6 Å². The SMILES string of the molecule is CC(C)(C)N1C(=O)OC[C@H]1C(F)F. The molecule has 1 heterocycles. The Balaban J connectivity index is 2.84. The molecule has 0 unspecified atom stereocenters. The summed E-state index contributed by atoms with van der Waals surface area (Å²) in [6.07, 6.45) is -3.21. The van der Waals surface area contributed by atoms with Crippen molar-refractivity contribution in [3.63, 3.8) is 0 Å². The average Bonchev–Trinajstić information content (AvgIpc) is 2.28. The molecule has 0 aromatic carbocycles. The molecule has 1 fully saturated rings. The highest BCUT2D eigenvalue weighted by atomic mass is 19.3. The molecule has 0 N–H and O–H groups in total. The van der Waals surface area contributed by atoms with Gasteiger partial charge in [0.15, 0.2) is 0 Å². The van der Waals surface area contributed by atoms with Crippen LogP contribution in [0.25, 0.3) is 0 Å². The summed E-state index contributed by atoms with van der Waals surface area (Å²) in [5.74, 6) is 0. The summed E-state index contributed by atoms with van der Waals surface area (Å²) in [6.45, 7) is 4.90. The largest absolute Gasteiger partial charge is 0.447 e. The molecule has 1 aliphatic rings. The van der Waals surface area contributed by atoms with E-state index in [1.165, 1.54) is 0 Å². The Labute approximate surface area is 75.7 Å². The number of carbonyl (C=O) groups excluding carboxylic acids is 1. The number of hydrogen-bond donors (Lipinski definition) is 0. The Bertz CT molecular complexity index is 213. The van der Waals surface area contributed by atoms with E-state index in [1.54, 1.807) is 20.8 Å². The zero-order valence-electron chi connectivity index (χ0n) is 7.88. The lowest BCUT2D eigenvalue weighted by molar-refractivity contribution is 0.0283. The smallest absolute Gasteiger partial charge is 0.410 e. The minimum atomic E-state index is -2.55. The molecule has 1 saturated heterocycles.